The van der Waals surface area contributed by atoms with Crippen LogP contribution in [0.5, 0.6) is 0 Å². The van der Waals surface area contributed by atoms with Crippen molar-refractivity contribution in [2.24, 2.45) is 10.7 Å². The number of piperidine rings is 1. The first kappa shape index (κ1) is 23.3. The monoisotopic (exact) mass is 431 g/mol. The summed E-state index contributed by atoms with van der Waals surface area (Å²) in [6.07, 6.45) is 1.94. The number of aliphatic imine (C=N–C) groups is 1. The molecule has 172 valence electrons. The van der Waals surface area contributed by atoms with E-state index >= 15 is 0 Å². The topological polar surface area (TPSA) is 92.4 Å². The van der Waals surface area contributed by atoms with Gasteiger partial charge in [-0.1, -0.05) is 24.3 Å². The number of rotatable bonds is 6. The van der Waals surface area contributed by atoms with Crippen LogP contribution >= 0.6 is 0 Å². The summed E-state index contributed by atoms with van der Waals surface area (Å²) in [5, 5.41) is 3.32. The molecule has 0 radical (unpaired) electrons. The summed E-state index contributed by atoms with van der Waals surface area (Å²) in [6, 6.07) is 8.64. The molecule has 8 nitrogen and oxygen atoms in total. The van der Waals surface area contributed by atoms with Crippen molar-refractivity contribution < 1.29 is 14.3 Å². The number of ether oxygens (including phenoxy) is 2. The fourth-order valence-electron chi connectivity index (χ4n) is 4.37. The number of likely N-dealkylation sites (tertiary alicyclic amines) is 1. The highest BCUT2D eigenvalue weighted by atomic mass is 16.6. The van der Waals surface area contributed by atoms with Gasteiger partial charge in [-0.3, -0.25) is 4.90 Å². The first-order chi connectivity index (χ1) is 14.9. The Bertz CT molecular complexity index is 738. The van der Waals surface area contributed by atoms with Gasteiger partial charge >= 0.3 is 6.09 Å². The maximum absolute atomic E-state index is 11.8. The van der Waals surface area contributed by atoms with Crippen LogP contribution in [-0.4, -0.2) is 72.9 Å². The minimum absolute atomic E-state index is 0.223. The molecule has 3 N–H and O–H groups in total. The fraction of sp³-hybridized carbons (Fsp3) is 0.652. The number of hydrogen-bond donors (Lipinski definition) is 2. The summed E-state index contributed by atoms with van der Waals surface area (Å²) in [6.45, 7) is 11.1. The smallest absolute Gasteiger partial charge is 0.409 e. The lowest BCUT2D eigenvalue weighted by Crippen LogP contribution is -2.48. The van der Waals surface area contributed by atoms with Crippen molar-refractivity contribution in [3.8, 4) is 0 Å². The van der Waals surface area contributed by atoms with Crippen LogP contribution in [0.25, 0.3) is 0 Å². The van der Waals surface area contributed by atoms with Gasteiger partial charge < -0.3 is 25.4 Å². The van der Waals surface area contributed by atoms with Gasteiger partial charge in [-0.15, -0.1) is 0 Å². The number of nitrogens with two attached hydrogens (primary N) is 1. The molecule has 2 saturated heterocycles. The van der Waals surface area contributed by atoms with Crippen LogP contribution < -0.4 is 11.1 Å². The number of nitrogens with one attached hydrogen (secondary N) is 1. The molecule has 1 amide bonds. The molecule has 2 unspecified atom stereocenters. The van der Waals surface area contributed by atoms with Gasteiger partial charge in [0.05, 0.1) is 25.4 Å². The van der Waals surface area contributed by atoms with Crippen molar-refractivity contribution in [1.82, 2.24) is 15.1 Å². The van der Waals surface area contributed by atoms with Crippen molar-refractivity contribution in [3.63, 3.8) is 0 Å². The molecule has 2 aliphatic rings. The number of hydrogen-bond acceptors (Lipinski definition) is 5. The van der Waals surface area contributed by atoms with Crippen LogP contribution in [-0.2, 0) is 22.6 Å². The van der Waals surface area contributed by atoms with Crippen LogP contribution in [0.3, 0.4) is 0 Å². The van der Waals surface area contributed by atoms with E-state index in [1.54, 1.807) is 4.90 Å². The predicted octanol–water partition coefficient (Wildman–Crippen LogP) is 2.32. The lowest BCUT2D eigenvalue weighted by molar-refractivity contribution is -0.0705. The summed E-state index contributed by atoms with van der Waals surface area (Å²) in [5.74, 6) is 0.456. The summed E-state index contributed by atoms with van der Waals surface area (Å²) in [7, 11) is 0. The molecule has 1 aromatic carbocycles. The Morgan fingerprint density at radius 3 is 2.48 bits per heavy atom. The highest BCUT2D eigenvalue weighted by Crippen LogP contribution is 2.18. The predicted molar refractivity (Wildman–Crippen MR) is 122 cm³/mol. The number of morpholine rings is 1. The van der Waals surface area contributed by atoms with E-state index in [0.29, 0.717) is 32.2 Å². The van der Waals surface area contributed by atoms with Gasteiger partial charge in [0.15, 0.2) is 5.96 Å². The summed E-state index contributed by atoms with van der Waals surface area (Å²) >= 11 is 0. The number of amides is 1. The van der Waals surface area contributed by atoms with E-state index in [2.05, 4.69) is 47.3 Å². The second-order valence-corrected chi connectivity index (χ2v) is 8.53. The fourth-order valence-corrected chi connectivity index (χ4v) is 4.37. The summed E-state index contributed by atoms with van der Waals surface area (Å²) in [4.78, 5) is 20.6. The Hall–Kier alpha value is -2.32. The van der Waals surface area contributed by atoms with Crippen molar-refractivity contribution in [3.05, 3.63) is 35.4 Å². The van der Waals surface area contributed by atoms with Crippen LogP contribution in [0, 0.1) is 0 Å². The summed E-state index contributed by atoms with van der Waals surface area (Å²) in [5.41, 5.74) is 8.64. The van der Waals surface area contributed by atoms with Gasteiger partial charge in [0.2, 0.25) is 0 Å². The highest BCUT2D eigenvalue weighted by Gasteiger charge is 2.24. The Labute approximate surface area is 185 Å². The minimum Gasteiger partial charge on any atom is -0.450 e. The molecule has 2 fully saturated rings. The van der Waals surface area contributed by atoms with E-state index in [4.69, 9.17) is 15.2 Å². The normalized spacial score (nSPS) is 23.6. The second-order valence-electron chi connectivity index (χ2n) is 8.53. The molecular weight excluding hydrogens is 394 g/mol. The number of carbonyl (C=O) groups is 1. The Balaban J connectivity index is 1.51. The van der Waals surface area contributed by atoms with Gasteiger partial charge in [-0.05, 0) is 44.7 Å². The van der Waals surface area contributed by atoms with Crippen LogP contribution in [0.1, 0.15) is 44.7 Å². The van der Waals surface area contributed by atoms with Gasteiger partial charge in [-0.25, -0.2) is 9.79 Å². The third kappa shape index (κ3) is 7.11. The molecule has 0 spiro atoms. The third-order valence-electron chi connectivity index (χ3n) is 5.80. The lowest BCUT2D eigenvalue weighted by Gasteiger charge is -2.35. The van der Waals surface area contributed by atoms with Crippen molar-refractivity contribution in [2.45, 2.75) is 65.0 Å². The maximum Gasteiger partial charge on any atom is 0.409 e. The zero-order chi connectivity index (χ0) is 22.2. The van der Waals surface area contributed by atoms with Crippen molar-refractivity contribution >= 4 is 12.1 Å². The van der Waals surface area contributed by atoms with Gasteiger partial charge in [0.25, 0.3) is 0 Å². The molecular formula is C23H37N5O3. The van der Waals surface area contributed by atoms with E-state index < -0.39 is 0 Å². The maximum atomic E-state index is 11.8. The van der Waals surface area contributed by atoms with Crippen molar-refractivity contribution in [1.29, 1.82) is 0 Å². The molecule has 2 heterocycles. The molecule has 8 heteroatoms. The molecule has 3 rings (SSSR count). The Kier molecular flexibility index (Phi) is 8.54. The van der Waals surface area contributed by atoms with Gasteiger partial charge in [0, 0.05) is 38.8 Å². The molecule has 0 saturated carbocycles. The van der Waals surface area contributed by atoms with Crippen LogP contribution in [0.15, 0.2) is 29.3 Å². The quantitative estimate of drug-likeness (QED) is 0.531. The van der Waals surface area contributed by atoms with E-state index in [-0.39, 0.29) is 24.3 Å². The Morgan fingerprint density at radius 1 is 1.19 bits per heavy atom. The minimum atomic E-state index is -0.233. The van der Waals surface area contributed by atoms with E-state index in [1.807, 2.05) is 13.0 Å². The number of nitrogens with zero attached hydrogens (tertiary/aromatic N) is 3. The standard InChI is InChI=1S/C23H37N5O3/c1-4-30-23(29)28-11-9-21(10-12-28)26-22(24)25-13-19-7-5-6-8-20(19)16-27-14-17(2)31-18(3)15-27/h5-8,17-18,21H,4,9-16H2,1-3H3,(H3,24,25,26). The zero-order valence-electron chi connectivity index (χ0n) is 19.0. The number of guanidine groups is 1. The molecule has 1 aromatic rings. The first-order valence-corrected chi connectivity index (χ1v) is 11.4. The number of benzene rings is 1. The molecule has 31 heavy (non-hydrogen) atoms. The lowest BCUT2D eigenvalue weighted by atomic mass is 10.1. The van der Waals surface area contributed by atoms with E-state index in [0.717, 1.165) is 32.5 Å². The van der Waals surface area contributed by atoms with Crippen LogP contribution in [0.2, 0.25) is 0 Å². The van der Waals surface area contributed by atoms with E-state index in [1.165, 1.54) is 11.1 Å². The molecule has 0 aromatic heterocycles. The third-order valence-corrected chi connectivity index (χ3v) is 5.80. The summed E-state index contributed by atoms with van der Waals surface area (Å²) < 4.78 is 10.9. The van der Waals surface area contributed by atoms with Gasteiger partial charge in [-0.2, -0.15) is 0 Å². The average Bonchev–Trinajstić information content (AvgIpc) is 2.73. The van der Waals surface area contributed by atoms with Gasteiger partial charge in [0.1, 0.15) is 0 Å². The second kappa shape index (κ2) is 11.3. The molecule has 2 atom stereocenters. The SMILES string of the molecule is CCOC(=O)N1CCC(NC(N)=NCc2ccccc2CN2CC(C)OC(C)C2)CC1. The highest BCUT2D eigenvalue weighted by molar-refractivity contribution is 5.78. The molecule has 0 aliphatic carbocycles. The Morgan fingerprint density at radius 2 is 1.84 bits per heavy atom. The average molecular weight is 432 g/mol. The van der Waals surface area contributed by atoms with Crippen LogP contribution in [0.4, 0.5) is 4.79 Å². The van der Waals surface area contributed by atoms with E-state index in [9.17, 15) is 4.79 Å². The molecule has 0 bridgehead atoms. The first-order valence-electron chi connectivity index (χ1n) is 11.4. The zero-order valence-corrected chi connectivity index (χ0v) is 19.0. The number of carbonyl (C=O) groups excluding carboxylic acids is 1. The van der Waals surface area contributed by atoms with Crippen molar-refractivity contribution in [2.75, 3.05) is 32.8 Å². The largest absolute Gasteiger partial charge is 0.450 e. The molecule has 2 aliphatic heterocycles.